The number of thiophene rings is 1. The maximum atomic E-state index is 13.4. The van der Waals surface area contributed by atoms with E-state index in [1.807, 2.05) is 6.07 Å². The molecule has 0 amide bonds. The summed E-state index contributed by atoms with van der Waals surface area (Å²) in [6, 6.07) is 8.02. The van der Waals surface area contributed by atoms with E-state index in [-0.39, 0.29) is 0 Å². The Hall–Kier alpha value is -2.94. The number of alkyl halides is 6. The van der Waals surface area contributed by atoms with Crippen molar-refractivity contribution in [2.75, 3.05) is 63.9 Å². The van der Waals surface area contributed by atoms with Gasteiger partial charge in [-0.1, -0.05) is 12.1 Å². The third kappa shape index (κ3) is 5.76. The first-order valence-corrected chi connectivity index (χ1v) is 13.7. The summed E-state index contributed by atoms with van der Waals surface area (Å²) in [5.41, 5.74) is 0.690. The van der Waals surface area contributed by atoms with E-state index in [4.69, 9.17) is 14.7 Å². The molecule has 1 aromatic carbocycles. The summed E-state index contributed by atoms with van der Waals surface area (Å²) in [5.74, 6) is 1.04. The third-order valence-corrected chi connectivity index (χ3v) is 8.28. The molecule has 2 aliphatic rings. The van der Waals surface area contributed by atoms with Crippen LogP contribution in [0, 0.1) is 0 Å². The SMILES string of the molecule is FC(F)(F)CN1CCN(Cc2cc3nc(-c4cccc5[nH]c(C(F)(F)F)cc45)nc(N4CCOCC4)c3s2)CC1. The zero-order valence-corrected chi connectivity index (χ0v) is 22.1. The minimum absolute atomic E-state index is 0.331. The first kappa shape index (κ1) is 27.2. The molecular weight excluding hydrogens is 558 g/mol. The van der Waals surface area contributed by atoms with Crippen LogP contribution in [0.2, 0.25) is 0 Å². The smallest absolute Gasteiger partial charge is 0.378 e. The lowest BCUT2D eigenvalue weighted by Crippen LogP contribution is -2.48. The van der Waals surface area contributed by atoms with Gasteiger partial charge in [0.15, 0.2) is 11.6 Å². The van der Waals surface area contributed by atoms with Crippen LogP contribution < -0.4 is 4.90 Å². The second kappa shape index (κ2) is 10.5. The topological polar surface area (TPSA) is 60.5 Å². The van der Waals surface area contributed by atoms with E-state index in [1.165, 1.54) is 16.2 Å². The molecule has 0 aliphatic carbocycles. The molecule has 14 heteroatoms. The number of aromatic nitrogens is 3. The number of rotatable bonds is 5. The summed E-state index contributed by atoms with van der Waals surface area (Å²) in [4.78, 5) is 18.7. The quantitative estimate of drug-likeness (QED) is 0.318. The van der Waals surface area contributed by atoms with Gasteiger partial charge in [0.1, 0.15) is 5.69 Å². The van der Waals surface area contributed by atoms with E-state index in [2.05, 4.69) is 14.8 Å². The maximum Gasteiger partial charge on any atom is 0.431 e. The molecule has 2 aliphatic heterocycles. The highest BCUT2D eigenvalue weighted by Crippen LogP contribution is 2.38. The number of nitrogens with zero attached hydrogens (tertiary/aromatic N) is 5. The predicted molar refractivity (Wildman–Crippen MR) is 141 cm³/mol. The van der Waals surface area contributed by atoms with Crippen molar-refractivity contribution in [3.05, 3.63) is 40.9 Å². The van der Waals surface area contributed by atoms with Crippen LogP contribution in [0.25, 0.3) is 32.5 Å². The first-order valence-electron chi connectivity index (χ1n) is 12.9. The Morgan fingerprint density at radius 3 is 2.33 bits per heavy atom. The monoisotopic (exact) mass is 584 g/mol. The fourth-order valence-electron chi connectivity index (χ4n) is 5.23. The van der Waals surface area contributed by atoms with Crippen LogP contribution in [-0.2, 0) is 17.5 Å². The van der Waals surface area contributed by atoms with E-state index in [0.717, 1.165) is 15.6 Å². The number of fused-ring (bicyclic) bond motifs is 2. The minimum atomic E-state index is -4.51. The molecule has 0 saturated carbocycles. The van der Waals surface area contributed by atoms with Crippen molar-refractivity contribution in [3.8, 4) is 11.4 Å². The van der Waals surface area contributed by atoms with Gasteiger partial charge in [-0.05, 0) is 18.2 Å². The Morgan fingerprint density at radius 1 is 0.900 bits per heavy atom. The van der Waals surface area contributed by atoms with Gasteiger partial charge < -0.3 is 14.6 Å². The molecule has 7 nitrogen and oxygen atoms in total. The van der Waals surface area contributed by atoms with Crippen LogP contribution in [0.3, 0.4) is 0 Å². The van der Waals surface area contributed by atoms with Gasteiger partial charge in [-0.2, -0.15) is 26.3 Å². The van der Waals surface area contributed by atoms with Gasteiger partial charge in [0.25, 0.3) is 0 Å². The zero-order chi connectivity index (χ0) is 28.1. The van der Waals surface area contributed by atoms with Crippen LogP contribution >= 0.6 is 11.3 Å². The average Bonchev–Trinajstić information content (AvgIpc) is 3.53. The van der Waals surface area contributed by atoms with Crippen molar-refractivity contribution in [2.45, 2.75) is 18.9 Å². The van der Waals surface area contributed by atoms with Gasteiger partial charge in [-0.15, -0.1) is 11.3 Å². The number of piperazine rings is 1. The van der Waals surface area contributed by atoms with Gasteiger partial charge in [0.2, 0.25) is 0 Å². The highest BCUT2D eigenvalue weighted by atomic mass is 32.1. The van der Waals surface area contributed by atoms with E-state index < -0.39 is 24.6 Å². The van der Waals surface area contributed by atoms with Gasteiger partial charge in [-0.25, -0.2) is 9.97 Å². The number of aromatic amines is 1. The molecule has 0 spiro atoms. The van der Waals surface area contributed by atoms with Crippen LogP contribution in [0.5, 0.6) is 0 Å². The highest BCUT2D eigenvalue weighted by molar-refractivity contribution is 7.19. The molecule has 0 radical (unpaired) electrons. The molecule has 0 atom stereocenters. The molecule has 2 saturated heterocycles. The molecule has 2 fully saturated rings. The largest absolute Gasteiger partial charge is 0.431 e. The summed E-state index contributed by atoms with van der Waals surface area (Å²) in [6.45, 7) is 3.70. The number of hydrogen-bond donors (Lipinski definition) is 1. The Bertz CT molecular complexity index is 1500. The summed E-state index contributed by atoms with van der Waals surface area (Å²) < 4.78 is 84.9. The lowest BCUT2D eigenvalue weighted by Gasteiger charge is -2.34. The fraction of sp³-hybridized carbons (Fsp3) is 0.462. The second-order valence-electron chi connectivity index (χ2n) is 10.0. The van der Waals surface area contributed by atoms with E-state index in [1.54, 1.807) is 18.2 Å². The van der Waals surface area contributed by atoms with Gasteiger partial charge in [-0.3, -0.25) is 9.80 Å². The standard InChI is InChI=1S/C26H26F6N6OS/c27-25(28,29)15-37-6-4-36(5-7-37)14-16-12-20-22(40-16)24(38-8-10-39-11-9-38)35-23(34-20)17-2-1-3-19-18(17)13-21(33-19)26(30,31)32/h1-3,12-13,33H,4-11,14-15H2. The third-order valence-electron chi connectivity index (χ3n) is 7.17. The van der Waals surface area contributed by atoms with E-state index in [9.17, 15) is 26.3 Å². The van der Waals surface area contributed by atoms with Crippen molar-refractivity contribution >= 4 is 38.3 Å². The molecule has 4 aromatic rings. The maximum absolute atomic E-state index is 13.4. The second-order valence-corrected chi connectivity index (χ2v) is 11.1. The summed E-state index contributed by atoms with van der Waals surface area (Å²) >= 11 is 1.54. The molecule has 6 rings (SSSR count). The fourth-order valence-corrected chi connectivity index (χ4v) is 6.39. The van der Waals surface area contributed by atoms with E-state index in [0.29, 0.717) is 92.7 Å². The van der Waals surface area contributed by atoms with Crippen LogP contribution in [0.15, 0.2) is 30.3 Å². The molecule has 3 aromatic heterocycles. The number of anilines is 1. The molecule has 214 valence electrons. The Balaban J connectivity index is 1.34. The highest BCUT2D eigenvalue weighted by Gasteiger charge is 2.34. The van der Waals surface area contributed by atoms with Gasteiger partial charge in [0, 0.05) is 67.2 Å². The molecule has 1 N–H and O–H groups in total. The molecular formula is C26H26F6N6OS. The number of halogens is 6. The Kier molecular flexibility index (Phi) is 7.13. The number of benzene rings is 1. The number of ether oxygens (including phenoxy) is 1. The van der Waals surface area contributed by atoms with Crippen LogP contribution in [-0.4, -0.2) is 90.0 Å². The summed E-state index contributed by atoms with van der Waals surface area (Å²) in [5, 5.41) is 0.384. The Labute approximate surface area is 229 Å². The van der Waals surface area contributed by atoms with Gasteiger partial charge >= 0.3 is 12.4 Å². The average molecular weight is 585 g/mol. The van der Waals surface area contributed by atoms with Crippen molar-refractivity contribution in [1.82, 2.24) is 24.8 Å². The zero-order valence-electron chi connectivity index (χ0n) is 21.3. The normalized spacial score (nSPS) is 18.3. The number of nitrogens with one attached hydrogen (secondary N) is 1. The number of H-pyrrole nitrogens is 1. The molecule has 40 heavy (non-hydrogen) atoms. The number of hydrogen-bond acceptors (Lipinski definition) is 7. The Morgan fingerprint density at radius 2 is 1.62 bits per heavy atom. The summed E-state index contributed by atoms with van der Waals surface area (Å²) in [7, 11) is 0. The number of morpholine rings is 1. The van der Waals surface area contributed by atoms with Crippen LogP contribution in [0.4, 0.5) is 32.2 Å². The lowest BCUT2D eigenvalue weighted by molar-refractivity contribution is -0.149. The summed E-state index contributed by atoms with van der Waals surface area (Å²) in [6.07, 6.45) is -8.72. The van der Waals surface area contributed by atoms with Crippen molar-refractivity contribution in [3.63, 3.8) is 0 Å². The lowest BCUT2D eigenvalue weighted by atomic mass is 10.1. The van der Waals surface area contributed by atoms with E-state index >= 15 is 0 Å². The van der Waals surface area contributed by atoms with Crippen molar-refractivity contribution in [2.24, 2.45) is 0 Å². The van der Waals surface area contributed by atoms with Crippen molar-refractivity contribution < 1.29 is 31.1 Å². The first-order chi connectivity index (χ1) is 19.0. The van der Waals surface area contributed by atoms with Crippen LogP contribution in [0.1, 0.15) is 10.6 Å². The predicted octanol–water partition coefficient (Wildman–Crippen LogP) is 5.37. The minimum Gasteiger partial charge on any atom is -0.378 e. The van der Waals surface area contributed by atoms with Gasteiger partial charge in [0.05, 0.1) is 30.0 Å². The molecule has 0 bridgehead atoms. The molecule has 5 heterocycles. The molecule has 0 unspecified atom stereocenters. The van der Waals surface area contributed by atoms with Crippen molar-refractivity contribution in [1.29, 1.82) is 0 Å².